The van der Waals surface area contributed by atoms with Gasteiger partial charge < -0.3 is 14.2 Å². The SMILES string of the molecule is COc1cc(-c2cccnc2OC)cc(CN2CC(C#N)C2)c1OCCn1nccc1C. The summed E-state index contributed by atoms with van der Waals surface area (Å²) in [6.07, 6.45) is 3.49. The molecule has 0 unspecified atom stereocenters. The van der Waals surface area contributed by atoms with Crippen LogP contribution < -0.4 is 14.2 Å². The van der Waals surface area contributed by atoms with Gasteiger partial charge >= 0.3 is 0 Å². The Labute approximate surface area is 188 Å². The number of benzene rings is 1. The first-order valence-electron chi connectivity index (χ1n) is 10.6. The molecular formula is C24H27N5O3. The number of hydrogen-bond acceptors (Lipinski definition) is 7. The van der Waals surface area contributed by atoms with E-state index in [-0.39, 0.29) is 5.92 Å². The van der Waals surface area contributed by atoms with Crippen molar-refractivity contribution in [2.75, 3.05) is 33.9 Å². The summed E-state index contributed by atoms with van der Waals surface area (Å²) < 4.78 is 19.3. The molecule has 2 aromatic heterocycles. The molecule has 0 atom stereocenters. The zero-order valence-corrected chi connectivity index (χ0v) is 18.6. The van der Waals surface area contributed by atoms with Crippen LogP contribution >= 0.6 is 0 Å². The molecular weight excluding hydrogens is 406 g/mol. The third-order valence-electron chi connectivity index (χ3n) is 5.64. The van der Waals surface area contributed by atoms with Gasteiger partial charge in [-0.25, -0.2) is 4.98 Å². The molecule has 3 heterocycles. The van der Waals surface area contributed by atoms with Gasteiger partial charge in [-0.1, -0.05) is 0 Å². The highest BCUT2D eigenvalue weighted by Gasteiger charge is 2.28. The minimum atomic E-state index is 0.0886. The minimum absolute atomic E-state index is 0.0886. The molecule has 32 heavy (non-hydrogen) atoms. The van der Waals surface area contributed by atoms with Crippen molar-refractivity contribution in [1.82, 2.24) is 19.7 Å². The van der Waals surface area contributed by atoms with Crippen LogP contribution in [0.5, 0.6) is 17.4 Å². The van der Waals surface area contributed by atoms with Crippen LogP contribution in [0.1, 0.15) is 11.3 Å². The molecule has 1 aliphatic rings. The van der Waals surface area contributed by atoms with E-state index in [1.165, 1.54) is 0 Å². The fourth-order valence-corrected chi connectivity index (χ4v) is 3.91. The van der Waals surface area contributed by atoms with Gasteiger partial charge in [-0.2, -0.15) is 10.4 Å². The van der Waals surface area contributed by atoms with E-state index in [9.17, 15) is 0 Å². The number of nitrogens with zero attached hydrogens (tertiary/aromatic N) is 5. The van der Waals surface area contributed by atoms with Crippen LogP contribution in [0.15, 0.2) is 42.7 Å². The van der Waals surface area contributed by atoms with Crippen LogP contribution in [0.25, 0.3) is 11.1 Å². The molecule has 3 aromatic rings. The number of ether oxygens (including phenoxy) is 3. The summed E-state index contributed by atoms with van der Waals surface area (Å²) in [4.78, 5) is 6.56. The molecule has 8 nitrogen and oxygen atoms in total. The average molecular weight is 434 g/mol. The first-order valence-corrected chi connectivity index (χ1v) is 10.6. The van der Waals surface area contributed by atoms with E-state index in [2.05, 4.69) is 27.1 Å². The maximum atomic E-state index is 9.14. The van der Waals surface area contributed by atoms with Crippen molar-refractivity contribution in [2.45, 2.75) is 20.0 Å². The van der Waals surface area contributed by atoms with E-state index in [1.807, 2.05) is 35.9 Å². The zero-order chi connectivity index (χ0) is 22.5. The summed E-state index contributed by atoms with van der Waals surface area (Å²) >= 11 is 0. The maximum absolute atomic E-state index is 9.14. The van der Waals surface area contributed by atoms with Crippen LogP contribution in [-0.2, 0) is 13.1 Å². The van der Waals surface area contributed by atoms with Gasteiger partial charge in [-0.05, 0) is 42.8 Å². The summed E-state index contributed by atoms with van der Waals surface area (Å²) in [6.45, 7) is 5.30. The number of rotatable bonds is 9. The highest BCUT2D eigenvalue weighted by atomic mass is 16.5. The molecule has 0 amide bonds. The second-order valence-electron chi connectivity index (χ2n) is 7.79. The van der Waals surface area contributed by atoms with Crippen molar-refractivity contribution in [3.05, 3.63) is 54.0 Å². The van der Waals surface area contributed by atoms with Crippen molar-refractivity contribution >= 4 is 0 Å². The van der Waals surface area contributed by atoms with E-state index in [0.29, 0.717) is 37.1 Å². The number of methoxy groups -OCH3 is 2. The molecule has 1 fully saturated rings. The molecule has 0 N–H and O–H groups in total. The van der Waals surface area contributed by atoms with Gasteiger partial charge in [0.1, 0.15) is 6.61 Å². The third kappa shape index (κ3) is 4.53. The Kier molecular flexibility index (Phi) is 6.57. The molecule has 0 aliphatic carbocycles. The topological polar surface area (TPSA) is 85.4 Å². The smallest absolute Gasteiger partial charge is 0.221 e. The van der Waals surface area contributed by atoms with E-state index < -0.39 is 0 Å². The fourth-order valence-electron chi connectivity index (χ4n) is 3.91. The van der Waals surface area contributed by atoms with Gasteiger partial charge in [-0.15, -0.1) is 0 Å². The Balaban J connectivity index is 1.65. The van der Waals surface area contributed by atoms with Gasteiger partial charge in [0, 0.05) is 48.8 Å². The molecule has 4 rings (SSSR count). The summed E-state index contributed by atoms with van der Waals surface area (Å²) in [5, 5.41) is 13.5. The predicted molar refractivity (Wildman–Crippen MR) is 120 cm³/mol. The van der Waals surface area contributed by atoms with Gasteiger partial charge in [0.05, 0.1) is 32.8 Å². The lowest BCUT2D eigenvalue weighted by Crippen LogP contribution is -2.45. The van der Waals surface area contributed by atoms with Gasteiger partial charge in [0.15, 0.2) is 11.5 Å². The molecule has 0 saturated carbocycles. The Bertz CT molecular complexity index is 1120. The number of hydrogen-bond donors (Lipinski definition) is 0. The lowest BCUT2D eigenvalue weighted by Gasteiger charge is -2.35. The first-order chi connectivity index (χ1) is 15.6. The van der Waals surface area contributed by atoms with Crippen molar-refractivity contribution in [1.29, 1.82) is 5.26 Å². The Morgan fingerprint density at radius 3 is 2.69 bits per heavy atom. The van der Waals surface area contributed by atoms with E-state index in [0.717, 1.165) is 35.5 Å². The number of nitriles is 1. The molecule has 0 bridgehead atoms. The predicted octanol–water partition coefficient (Wildman–Crippen LogP) is 3.31. The maximum Gasteiger partial charge on any atom is 0.221 e. The summed E-state index contributed by atoms with van der Waals surface area (Å²) in [5.74, 6) is 2.00. The molecule has 0 radical (unpaired) electrons. The second-order valence-corrected chi connectivity index (χ2v) is 7.79. The fraction of sp³-hybridized carbons (Fsp3) is 0.375. The molecule has 166 valence electrons. The molecule has 1 aliphatic heterocycles. The highest BCUT2D eigenvalue weighted by Crippen LogP contribution is 2.40. The largest absolute Gasteiger partial charge is 0.493 e. The molecule has 1 saturated heterocycles. The third-order valence-corrected chi connectivity index (χ3v) is 5.64. The van der Waals surface area contributed by atoms with Crippen LogP contribution in [0, 0.1) is 24.2 Å². The second kappa shape index (κ2) is 9.71. The van der Waals surface area contributed by atoms with E-state index in [4.69, 9.17) is 19.5 Å². The average Bonchev–Trinajstić information content (AvgIpc) is 3.20. The number of likely N-dealkylation sites (tertiary alicyclic amines) is 1. The van der Waals surface area contributed by atoms with Crippen LogP contribution in [-0.4, -0.2) is 53.6 Å². The highest BCUT2D eigenvalue weighted by molar-refractivity contribution is 5.73. The van der Waals surface area contributed by atoms with E-state index in [1.54, 1.807) is 26.6 Å². The van der Waals surface area contributed by atoms with Gasteiger partial charge in [0.2, 0.25) is 5.88 Å². The summed E-state index contributed by atoms with van der Waals surface area (Å²) in [5.41, 5.74) is 3.91. The van der Waals surface area contributed by atoms with Crippen LogP contribution in [0.2, 0.25) is 0 Å². The van der Waals surface area contributed by atoms with Gasteiger partial charge in [-0.3, -0.25) is 9.58 Å². The number of pyridine rings is 1. The van der Waals surface area contributed by atoms with Crippen LogP contribution in [0.3, 0.4) is 0 Å². The Hall–Kier alpha value is -3.57. The standard InChI is InChI=1S/C24H27N5O3/c1-17-6-8-27-29(17)9-10-32-23-20(16-28-14-18(13-25)15-28)11-19(12-22(23)30-2)21-5-4-7-26-24(21)31-3/h4-8,11-12,18H,9-10,14-16H2,1-3H3. The van der Waals surface area contributed by atoms with Crippen molar-refractivity contribution in [3.63, 3.8) is 0 Å². The lowest BCUT2D eigenvalue weighted by atomic mass is 9.98. The monoisotopic (exact) mass is 433 g/mol. The van der Waals surface area contributed by atoms with Gasteiger partial charge in [0.25, 0.3) is 0 Å². The van der Waals surface area contributed by atoms with Crippen LogP contribution in [0.4, 0.5) is 0 Å². The van der Waals surface area contributed by atoms with Crippen molar-refractivity contribution < 1.29 is 14.2 Å². The zero-order valence-electron chi connectivity index (χ0n) is 18.6. The quantitative estimate of drug-likeness (QED) is 0.512. The normalized spacial score (nSPS) is 13.9. The lowest BCUT2D eigenvalue weighted by molar-refractivity contribution is 0.124. The molecule has 1 aromatic carbocycles. The first kappa shape index (κ1) is 21.7. The molecule has 0 spiro atoms. The Morgan fingerprint density at radius 2 is 2.00 bits per heavy atom. The van der Waals surface area contributed by atoms with Crippen molar-refractivity contribution in [2.24, 2.45) is 5.92 Å². The Morgan fingerprint density at radius 1 is 1.16 bits per heavy atom. The minimum Gasteiger partial charge on any atom is -0.493 e. The summed E-state index contributed by atoms with van der Waals surface area (Å²) in [6, 6.07) is 12.2. The number of aromatic nitrogens is 3. The summed E-state index contributed by atoms with van der Waals surface area (Å²) in [7, 11) is 3.25. The number of aryl methyl sites for hydroxylation is 1. The molecule has 8 heteroatoms. The van der Waals surface area contributed by atoms with E-state index >= 15 is 0 Å². The van der Waals surface area contributed by atoms with Crippen molar-refractivity contribution in [3.8, 4) is 34.6 Å².